The number of carbonyl (C=O) groups excluding carboxylic acids is 3. The Hall–Kier alpha value is -2.57. The second-order valence-electron chi connectivity index (χ2n) is 7.01. The van der Waals surface area contributed by atoms with Crippen molar-refractivity contribution < 1.29 is 23.9 Å². The Balaban J connectivity index is 1.75. The van der Waals surface area contributed by atoms with E-state index in [0.29, 0.717) is 19.4 Å². The largest absolute Gasteiger partial charge is 0.445 e. The second kappa shape index (κ2) is 8.00. The molecule has 0 radical (unpaired) electrons. The van der Waals surface area contributed by atoms with Crippen LogP contribution < -0.4 is 5.32 Å². The van der Waals surface area contributed by atoms with E-state index >= 15 is 0 Å². The zero-order chi connectivity index (χ0) is 18.4. The summed E-state index contributed by atoms with van der Waals surface area (Å²) < 4.78 is 10.4. The summed E-state index contributed by atoms with van der Waals surface area (Å²) >= 11 is 0. The van der Waals surface area contributed by atoms with Gasteiger partial charge in [0.05, 0.1) is 6.04 Å². The number of aldehydes is 1. The number of ether oxygens (including phenoxy) is 2. The molecule has 0 aromatic heterocycles. The van der Waals surface area contributed by atoms with Gasteiger partial charge in [0.2, 0.25) is 0 Å². The number of rotatable bonds is 5. The summed E-state index contributed by atoms with van der Waals surface area (Å²) in [6.07, 6.45) is -0.405. The fourth-order valence-electron chi connectivity index (χ4n) is 2.38. The number of benzene rings is 1. The number of nitrogens with zero attached hydrogens (tertiary/aromatic N) is 1. The average molecular weight is 348 g/mol. The van der Waals surface area contributed by atoms with Crippen LogP contribution in [0.2, 0.25) is 0 Å². The van der Waals surface area contributed by atoms with Gasteiger partial charge < -0.3 is 24.5 Å². The zero-order valence-corrected chi connectivity index (χ0v) is 14.7. The second-order valence-corrected chi connectivity index (χ2v) is 7.01. The molecule has 136 valence electrons. The first-order valence-corrected chi connectivity index (χ1v) is 8.19. The van der Waals surface area contributed by atoms with E-state index in [9.17, 15) is 14.4 Å². The lowest BCUT2D eigenvalue weighted by Crippen LogP contribution is -2.59. The summed E-state index contributed by atoms with van der Waals surface area (Å²) in [5.74, 6) is -0.144. The van der Waals surface area contributed by atoms with Crippen LogP contribution in [0.1, 0.15) is 26.3 Å². The Morgan fingerprint density at radius 2 is 1.92 bits per heavy atom. The SMILES string of the molecule is CC(C)(C)OC(=O)N1CC(C(C=O)NC(=O)OCc2ccccc2)C1. The van der Waals surface area contributed by atoms with Crippen LogP contribution in [0, 0.1) is 5.92 Å². The first-order valence-electron chi connectivity index (χ1n) is 8.19. The molecule has 0 spiro atoms. The van der Waals surface area contributed by atoms with Gasteiger partial charge in [-0.2, -0.15) is 0 Å². The third-order valence-electron chi connectivity index (χ3n) is 3.71. The molecular weight excluding hydrogens is 324 g/mol. The summed E-state index contributed by atoms with van der Waals surface area (Å²) in [6, 6.07) is 8.57. The van der Waals surface area contributed by atoms with Gasteiger partial charge in [-0.05, 0) is 26.3 Å². The highest BCUT2D eigenvalue weighted by Gasteiger charge is 2.38. The highest BCUT2D eigenvalue weighted by Crippen LogP contribution is 2.21. The minimum absolute atomic E-state index is 0.132. The standard InChI is InChI=1S/C18H24N2O5/c1-18(2,3)25-17(23)20-9-14(10-20)15(11-21)19-16(22)24-12-13-7-5-4-6-8-13/h4-8,11,14-15H,9-10,12H2,1-3H3,(H,19,22). The molecule has 0 saturated carbocycles. The van der Waals surface area contributed by atoms with Crippen LogP contribution in [0.25, 0.3) is 0 Å². The fourth-order valence-corrected chi connectivity index (χ4v) is 2.38. The van der Waals surface area contributed by atoms with Gasteiger partial charge in [0.25, 0.3) is 0 Å². The van der Waals surface area contributed by atoms with Crippen molar-refractivity contribution in [2.75, 3.05) is 13.1 Å². The molecule has 1 aliphatic rings. The molecule has 1 aliphatic heterocycles. The molecule has 0 aliphatic carbocycles. The average Bonchev–Trinajstić information content (AvgIpc) is 2.49. The molecule has 1 aromatic rings. The highest BCUT2D eigenvalue weighted by atomic mass is 16.6. The van der Waals surface area contributed by atoms with Crippen molar-refractivity contribution in [2.45, 2.75) is 39.0 Å². The van der Waals surface area contributed by atoms with E-state index in [1.807, 2.05) is 30.3 Å². The third-order valence-corrected chi connectivity index (χ3v) is 3.71. The van der Waals surface area contributed by atoms with Crippen molar-refractivity contribution in [3.63, 3.8) is 0 Å². The molecular formula is C18H24N2O5. The molecule has 2 amide bonds. The Morgan fingerprint density at radius 1 is 1.28 bits per heavy atom. The zero-order valence-electron chi connectivity index (χ0n) is 14.7. The highest BCUT2D eigenvalue weighted by molar-refractivity contribution is 5.74. The Bertz CT molecular complexity index is 606. The number of hydrogen-bond donors (Lipinski definition) is 1. The van der Waals surface area contributed by atoms with Crippen molar-refractivity contribution in [1.82, 2.24) is 10.2 Å². The number of alkyl carbamates (subject to hydrolysis) is 1. The minimum atomic E-state index is -0.693. The molecule has 1 aromatic carbocycles. The molecule has 0 bridgehead atoms. The van der Waals surface area contributed by atoms with Crippen molar-refractivity contribution in [1.29, 1.82) is 0 Å². The van der Waals surface area contributed by atoms with E-state index in [2.05, 4.69) is 5.32 Å². The number of hydrogen-bond acceptors (Lipinski definition) is 5. The van der Waals surface area contributed by atoms with E-state index in [4.69, 9.17) is 9.47 Å². The van der Waals surface area contributed by atoms with Gasteiger partial charge in [-0.25, -0.2) is 9.59 Å². The summed E-state index contributed by atoms with van der Waals surface area (Å²) in [5, 5.41) is 2.54. The minimum Gasteiger partial charge on any atom is -0.445 e. The van der Waals surface area contributed by atoms with Gasteiger partial charge in [-0.1, -0.05) is 30.3 Å². The van der Waals surface area contributed by atoms with Crippen LogP contribution in [0.5, 0.6) is 0 Å². The maximum absolute atomic E-state index is 11.9. The Kier molecular flexibility index (Phi) is 6.01. The summed E-state index contributed by atoms with van der Waals surface area (Å²) in [6.45, 7) is 6.23. The molecule has 1 N–H and O–H groups in total. The first kappa shape index (κ1) is 18.8. The maximum atomic E-state index is 11.9. The van der Waals surface area contributed by atoms with E-state index in [-0.39, 0.29) is 12.5 Å². The smallest absolute Gasteiger partial charge is 0.410 e. The van der Waals surface area contributed by atoms with Gasteiger partial charge in [0, 0.05) is 19.0 Å². The van der Waals surface area contributed by atoms with Crippen LogP contribution in [0.3, 0.4) is 0 Å². The van der Waals surface area contributed by atoms with Crippen molar-refractivity contribution >= 4 is 18.5 Å². The van der Waals surface area contributed by atoms with E-state index in [0.717, 1.165) is 5.56 Å². The summed E-state index contributed by atoms with van der Waals surface area (Å²) in [4.78, 5) is 36.5. The van der Waals surface area contributed by atoms with Crippen molar-refractivity contribution in [3.05, 3.63) is 35.9 Å². The monoisotopic (exact) mass is 348 g/mol. The Morgan fingerprint density at radius 3 is 2.48 bits per heavy atom. The van der Waals surface area contributed by atoms with Gasteiger partial charge >= 0.3 is 12.2 Å². The van der Waals surface area contributed by atoms with Gasteiger partial charge in [0.15, 0.2) is 0 Å². The fraction of sp³-hybridized carbons (Fsp3) is 0.500. The maximum Gasteiger partial charge on any atom is 0.410 e. The first-order chi connectivity index (χ1) is 11.8. The molecule has 1 heterocycles. The molecule has 1 saturated heterocycles. The predicted octanol–water partition coefficient (Wildman–Crippen LogP) is 2.35. The number of carbonyl (C=O) groups is 3. The predicted molar refractivity (Wildman–Crippen MR) is 90.9 cm³/mol. The van der Waals surface area contributed by atoms with E-state index in [1.165, 1.54) is 4.90 Å². The lowest BCUT2D eigenvalue weighted by molar-refractivity contribution is -0.112. The van der Waals surface area contributed by atoms with Crippen molar-refractivity contribution in [2.24, 2.45) is 5.92 Å². The summed E-state index contributed by atoms with van der Waals surface area (Å²) in [5.41, 5.74) is 0.297. The molecule has 1 atom stereocenters. The lowest BCUT2D eigenvalue weighted by Gasteiger charge is -2.41. The number of nitrogens with one attached hydrogen (secondary N) is 1. The van der Waals surface area contributed by atoms with Crippen LogP contribution in [0.15, 0.2) is 30.3 Å². The molecule has 7 heteroatoms. The molecule has 1 unspecified atom stereocenters. The van der Waals surface area contributed by atoms with Crippen LogP contribution >= 0.6 is 0 Å². The quantitative estimate of drug-likeness (QED) is 0.826. The lowest BCUT2D eigenvalue weighted by atomic mass is 9.93. The van der Waals surface area contributed by atoms with E-state index in [1.54, 1.807) is 20.8 Å². The number of likely N-dealkylation sites (tertiary alicyclic amines) is 1. The van der Waals surface area contributed by atoms with Gasteiger partial charge in [-0.3, -0.25) is 0 Å². The van der Waals surface area contributed by atoms with E-state index < -0.39 is 23.8 Å². The summed E-state index contributed by atoms with van der Waals surface area (Å²) in [7, 11) is 0. The van der Waals surface area contributed by atoms with Crippen molar-refractivity contribution in [3.8, 4) is 0 Å². The van der Waals surface area contributed by atoms with Crippen LogP contribution in [-0.2, 0) is 20.9 Å². The van der Waals surface area contributed by atoms with Gasteiger partial charge in [-0.15, -0.1) is 0 Å². The normalized spacial score (nSPS) is 15.7. The Labute approximate surface area is 147 Å². The third kappa shape index (κ3) is 5.77. The molecule has 2 rings (SSSR count). The topological polar surface area (TPSA) is 84.9 Å². The van der Waals surface area contributed by atoms with Crippen LogP contribution in [-0.4, -0.2) is 48.1 Å². The van der Waals surface area contributed by atoms with Crippen LogP contribution in [0.4, 0.5) is 9.59 Å². The molecule has 7 nitrogen and oxygen atoms in total. The van der Waals surface area contributed by atoms with Gasteiger partial charge in [0.1, 0.15) is 18.5 Å². The molecule has 25 heavy (non-hydrogen) atoms. The molecule has 1 fully saturated rings. The number of amides is 2.